The van der Waals surface area contributed by atoms with Crippen molar-refractivity contribution < 1.29 is 8.42 Å². The molecule has 3 rings (SSSR count). The second-order valence-corrected chi connectivity index (χ2v) is 7.65. The van der Waals surface area contributed by atoms with E-state index in [4.69, 9.17) is 5.14 Å². The summed E-state index contributed by atoms with van der Waals surface area (Å²) in [5, 5.41) is 9.40. The van der Waals surface area contributed by atoms with Gasteiger partial charge in [-0.3, -0.25) is 0 Å². The van der Waals surface area contributed by atoms with Crippen molar-refractivity contribution in [1.29, 1.82) is 0 Å². The fraction of sp³-hybridized carbons (Fsp3) is 0.200. The number of anilines is 1. The molecule has 2 heterocycles. The van der Waals surface area contributed by atoms with E-state index in [-0.39, 0.29) is 4.90 Å². The first-order chi connectivity index (χ1) is 10.8. The molecule has 0 saturated heterocycles. The SMILES string of the molecule is Cc1cc(C)c2c(NCc3ccc(S(N)(=O)=O)cc3)nsc2n1. The maximum absolute atomic E-state index is 11.2. The Balaban J connectivity index is 1.81. The predicted octanol–water partition coefficient (Wildman–Crippen LogP) is 2.57. The maximum atomic E-state index is 11.2. The molecule has 3 aromatic rings. The molecule has 6 nitrogen and oxygen atoms in total. The minimum atomic E-state index is -3.66. The third-order valence-corrected chi connectivity index (χ3v) is 5.15. The molecule has 0 spiro atoms. The van der Waals surface area contributed by atoms with Crippen molar-refractivity contribution in [3.05, 3.63) is 47.2 Å². The van der Waals surface area contributed by atoms with Crippen LogP contribution >= 0.6 is 11.5 Å². The van der Waals surface area contributed by atoms with E-state index in [9.17, 15) is 8.42 Å². The van der Waals surface area contributed by atoms with Gasteiger partial charge in [-0.2, -0.15) is 4.37 Å². The number of aryl methyl sites for hydroxylation is 2. The Morgan fingerprint density at radius 2 is 1.91 bits per heavy atom. The molecule has 0 unspecified atom stereocenters. The van der Waals surface area contributed by atoms with Gasteiger partial charge in [0.2, 0.25) is 10.0 Å². The van der Waals surface area contributed by atoms with Gasteiger partial charge in [-0.1, -0.05) is 12.1 Å². The summed E-state index contributed by atoms with van der Waals surface area (Å²) in [6, 6.07) is 8.50. The molecule has 120 valence electrons. The first kappa shape index (κ1) is 15.9. The van der Waals surface area contributed by atoms with Crippen molar-refractivity contribution in [1.82, 2.24) is 9.36 Å². The lowest BCUT2D eigenvalue weighted by molar-refractivity contribution is 0.598. The van der Waals surface area contributed by atoms with Crippen molar-refractivity contribution in [3.8, 4) is 0 Å². The number of benzene rings is 1. The van der Waals surface area contributed by atoms with E-state index < -0.39 is 10.0 Å². The molecule has 1 aromatic carbocycles. The van der Waals surface area contributed by atoms with Crippen LogP contribution in [0.1, 0.15) is 16.8 Å². The summed E-state index contributed by atoms with van der Waals surface area (Å²) in [7, 11) is -3.66. The molecule has 0 aliphatic rings. The van der Waals surface area contributed by atoms with Gasteiger partial charge in [-0.15, -0.1) is 0 Å². The lowest BCUT2D eigenvalue weighted by Crippen LogP contribution is -2.12. The molecular weight excluding hydrogens is 332 g/mol. The van der Waals surface area contributed by atoms with Crippen LogP contribution in [0.15, 0.2) is 35.2 Å². The standard InChI is InChI=1S/C15H16N4O2S2/c1-9-7-10(2)18-15-13(9)14(19-22-15)17-8-11-3-5-12(6-4-11)23(16,20)21/h3-7H,8H2,1-2H3,(H,17,19)(H2,16,20,21). The molecule has 2 aromatic heterocycles. The monoisotopic (exact) mass is 348 g/mol. The van der Waals surface area contributed by atoms with Gasteiger partial charge in [0.25, 0.3) is 0 Å². The number of sulfonamides is 1. The Kier molecular flexibility index (Phi) is 4.05. The van der Waals surface area contributed by atoms with Crippen LogP contribution in [0.3, 0.4) is 0 Å². The van der Waals surface area contributed by atoms with E-state index in [1.165, 1.54) is 23.7 Å². The van der Waals surface area contributed by atoms with Crippen LogP contribution in [0.5, 0.6) is 0 Å². The van der Waals surface area contributed by atoms with E-state index in [0.717, 1.165) is 32.9 Å². The molecule has 3 N–H and O–H groups in total. The van der Waals surface area contributed by atoms with Crippen LogP contribution < -0.4 is 10.5 Å². The van der Waals surface area contributed by atoms with Gasteiger partial charge in [0.1, 0.15) is 10.6 Å². The van der Waals surface area contributed by atoms with E-state index in [2.05, 4.69) is 14.7 Å². The fourth-order valence-electron chi connectivity index (χ4n) is 2.39. The lowest BCUT2D eigenvalue weighted by Gasteiger charge is -2.06. The smallest absolute Gasteiger partial charge is 0.238 e. The van der Waals surface area contributed by atoms with Crippen LogP contribution in [-0.4, -0.2) is 17.8 Å². The Morgan fingerprint density at radius 3 is 2.57 bits per heavy atom. The predicted molar refractivity (Wildman–Crippen MR) is 92.0 cm³/mol. The average Bonchev–Trinajstić information content (AvgIpc) is 2.88. The first-order valence-corrected chi connectivity index (χ1v) is 9.26. The molecule has 0 fully saturated rings. The summed E-state index contributed by atoms with van der Waals surface area (Å²) in [6.07, 6.45) is 0. The molecule has 23 heavy (non-hydrogen) atoms. The normalized spacial score (nSPS) is 11.8. The fourth-order valence-corrected chi connectivity index (χ4v) is 3.78. The third-order valence-electron chi connectivity index (χ3n) is 3.48. The van der Waals surface area contributed by atoms with E-state index in [0.29, 0.717) is 6.54 Å². The van der Waals surface area contributed by atoms with Gasteiger partial charge < -0.3 is 5.32 Å². The average molecular weight is 348 g/mol. The summed E-state index contributed by atoms with van der Waals surface area (Å²) < 4.78 is 26.9. The van der Waals surface area contributed by atoms with Crippen molar-refractivity contribution in [2.24, 2.45) is 5.14 Å². The lowest BCUT2D eigenvalue weighted by atomic mass is 10.2. The van der Waals surface area contributed by atoms with Gasteiger partial charge >= 0.3 is 0 Å². The summed E-state index contributed by atoms with van der Waals surface area (Å²) in [5.74, 6) is 0.797. The van der Waals surface area contributed by atoms with Crippen molar-refractivity contribution >= 4 is 37.6 Å². The zero-order valence-corrected chi connectivity index (χ0v) is 14.3. The zero-order valence-electron chi connectivity index (χ0n) is 12.7. The van der Waals surface area contributed by atoms with Crippen LogP contribution in [0, 0.1) is 13.8 Å². The minimum Gasteiger partial charge on any atom is -0.365 e. The maximum Gasteiger partial charge on any atom is 0.238 e. The number of hydrogen-bond acceptors (Lipinski definition) is 6. The van der Waals surface area contributed by atoms with Crippen molar-refractivity contribution in [2.45, 2.75) is 25.3 Å². The first-order valence-electron chi connectivity index (χ1n) is 6.94. The Labute approximate surface area is 138 Å². The number of hydrogen-bond donors (Lipinski definition) is 2. The highest BCUT2D eigenvalue weighted by atomic mass is 32.2. The minimum absolute atomic E-state index is 0.107. The molecule has 0 radical (unpaired) electrons. The second-order valence-electron chi connectivity index (χ2n) is 5.33. The summed E-state index contributed by atoms with van der Waals surface area (Å²) in [5.41, 5.74) is 3.05. The molecule has 0 aliphatic carbocycles. The van der Waals surface area contributed by atoms with Gasteiger partial charge in [0.05, 0.1) is 10.3 Å². The third kappa shape index (κ3) is 3.34. The quantitative estimate of drug-likeness (QED) is 0.755. The van der Waals surface area contributed by atoms with E-state index in [1.54, 1.807) is 12.1 Å². The van der Waals surface area contributed by atoms with Gasteiger partial charge in [0, 0.05) is 12.2 Å². The number of nitrogens with zero attached hydrogens (tertiary/aromatic N) is 2. The molecule has 8 heteroatoms. The summed E-state index contributed by atoms with van der Waals surface area (Å²) in [4.78, 5) is 5.51. The van der Waals surface area contributed by atoms with Crippen LogP contribution in [-0.2, 0) is 16.6 Å². The topological polar surface area (TPSA) is 98.0 Å². The largest absolute Gasteiger partial charge is 0.365 e. The Bertz CT molecular complexity index is 963. The second kappa shape index (κ2) is 5.88. The number of nitrogens with one attached hydrogen (secondary N) is 1. The molecule has 0 saturated carbocycles. The van der Waals surface area contributed by atoms with Gasteiger partial charge in [-0.05, 0) is 54.7 Å². The Hall–Kier alpha value is -2.03. The number of fused-ring (bicyclic) bond motifs is 1. The van der Waals surface area contributed by atoms with E-state index >= 15 is 0 Å². The van der Waals surface area contributed by atoms with Crippen LogP contribution in [0.25, 0.3) is 10.2 Å². The Morgan fingerprint density at radius 1 is 1.22 bits per heavy atom. The number of pyridine rings is 1. The zero-order chi connectivity index (χ0) is 16.6. The van der Waals surface area contributed by atoms with Gasteiger partial charge in [-0.25, -0.2) is 18.5 Å². The highest BCUT2D eigenvalue weighted by Crippen LogP contribution is 2.29. The van der Waals surface area contributed by atoms with Gasteiger partial charge in [0.15, 0.2) is 0 Å². The van der Waals surface area contributed by atoms with E-state index in [1.807, 2.05) is 19.9 Å². The molecule has 0 aliphatic heterocycles. The molecule has 0 amide bonds. The van der Waals surface area contributed by atoms with Crippen molar-refractivity contribution in [3.63, 3.8) is 0 Å². The summed E-state index contributed by atoms with van der Waals surface area (Å²) >= 11 is 1.36. The van der Waals surface area contributed by atoms with Crippen LogP contribution in [0.2, 0.25) is 0 Å². The molecule has 0 bridgehead atoms. The number of aromatic nitrogens is 2. The summed E-state index contributed by atoms with van der Waals surface area (Å²) in [6.45, 7) is 4.54. The molecular formula is C15H16N4O2S2. The molecule has 0 atom stereocenters. The highest BCUT2D eigenvalue weighted by Gasteiger charge is 2.11. The number of nitrogens with two attached hydrogens (primary N) is 1. The highest BCUT2D eigenvalue weighted by molar-refractivity contribution is 7.89. The number of rotatable bonds is 4. The van der Waals surface area contributed by atoms with Crippen molar-refractivity contribution in [2.75, 3.05) is 5.32 Å². The van der Waals surface area contributed by atoms with Crippen LogP contribution in [0.4, 0.5) is 5.82 Å². The number of primary sulfonamides is 1.